The van der Waals surface area contributed by atoms with Crippen molar-refractivity contribution in [3.05, 3.63) is 85.5 Å². The van der Waals surface area contributed by atoms with Crippen molar-refractivity contribution in [2.24, 2.45) is 0 Å². The highest BCUT2D eigenvalue weighted by Gasteiger charge is 2.36. The third-order valence-corrected chi connectivity index (χ3v) is 16.8. The first-order chi connectivity index (χ1) is 36.9. The summed E-state index contributed by atoms with van der Waals surface area (Å²) in [7, 11) is 0. The van der Waals surface area contributed by atoms with E-state index in [1.54, 1.807) is 15.8 Å². The van der Waals surface area contributed by atoms with E-state index in [9.17, 15) is 5.53 Å². The topological polar surface area (TPSA) is 25.3 Å². The van der Waals surface area contributed by atoms with Crippen LogP contribution in [-0.4, -0.2) is 4.70 Å². The number of allylic oxidation sites excluding steroid dienone is 2. The lowest BCUT2D eigenvalue weighted by Crippen LogP contribution is -2.09. The number of aryl methyl sites for hydroxylation is 4. The largest absolute Gasteiger partial charge is 0.493 e. The van der Waals surface area contributed by atoms with Crippen LogP contribution in [0.2, 0.25) is 0 Å². The molecule has 2 heteroatoms. The second kappa shape index (κ2) is 44.0. The molecule has 1 heterocycles. The third kappa shape index (κ3) is 26.1. The Bertz CT molecular complexity index is 1860. The molecule has 75 heavy (non-hydrogen) atoms. The van der Waals surface area contributed by atoms with Gasteiger partial charge in [-0.2, -0.15) is 0 Å². The number of nitrogens with zero attached hydrogens (tertiary/aromatic N) is 2. The minimum Gasteiger partial charge on any atom is -0.493 e. The Labute approximate surface area is 468 Å². The van der Waals surface area contributed by atoms with Crippen LogP contribution in [0, 0.1) is 11.8 Å². The van der Waals surface area contributed by atoms with Crippen LogP contribution in [-0.2, 0) is 38.5 Å². The van der Waals surface area contributed by atoms with Crippen LogP contribution in [0.3, 0.4) is 0 Å². The maximum Gasteiger partial charge on any atom is 0.223 e. The van der Waals surface area contributed by atoms with Crippen LogP contribution in [0.25, 0.3) is 16.9 Å². The molecule has 0 atom stereocenters. The van der Waals surface area contributed by atoms with Gasteiger partial charge in [0.1, 0.15) is 5.57 Å². The normalized spacial score (nSPS) is 12.7. The summed E-state index contributed by atoms with van der Waals surface area (Å²) in [4.78, 5) is 0. The third-order valence-electron chi connectivity index (χ3n) is 16.8. The number of hydrogen-bond acceptors (Lipinski definition) is 0. The highest BCUT2D eigenvalue weighted by molar-refractivity contribution is 5.86. The van der Waals surface area contributed by atoms with Gasteiger partial charge in [0.25, 0.3) is 0 Å². The minimum atomic E-state index is 0.925. The molecule has 1 aliphatic rings. The van der Waals surface area contributed by atoms with E-state index >= 15 is 0 Å². The molecular weight excluding hydrogens is 905 g/mol. The molecule has 0 fully saturated rings. The minimum absolute atomic E-state index is 0.925. The van der Waals surface area contributed by atoms with Gasteiger partial charge in [-0.1, -0.05) is 266 Å². The molecule has 2 nitrogen and oxygen atoms in total. The Morgan fingerprint density at radius 3 is 0.920 bits per heavy atom. The van der Waals surface area contributed by atoms with Crippen molar-refractivity contribution in [1.29, 1.82) is 0 Å². The van der Waals surface area contributed by atoms with Crippen molar-refractivity contribution < 1.29 is 4.70 Å². The van der Waals surface area contributed by atoms with Crippen molar-refractivity contribution in [3.63, 3.8) is 0 Å². The lowest BCUT2D eigenvalue weighted by atomic mass is 9.86. The Kier molecular flexibility index (Phi) is 38.9. The summed E-state index contributed by atoms with van der Waals surface area (Å²) in [6.45, 7) is 18.7. The van der Waals surface area contributed by atoms with E-state index in [2.05, 4.69) is 91.5 Å². The van der Waals surface area contributed by atoms with E-state index in [1.165, 1.54) is 283 Å². The molecule has 0 aromatic heterocycles. The maximum absolute atomic E-state index is 13.2. The molecule has 0 unspecified atom stereocenters. The highest BCUT2D eigenvalue weighted by atomic mass is 15.2. The Hall–Kier alpha value is -2.92. The molecule has 0 bridgehead atoms. The van der Waals surface area contributed by atoms with Gasteiger partial charge in [-0.25, -0.2) is 4.70 Å². The first kappa shape index (κ1) is 66.4. The molecule has 0 aliphatic carbocycles. The monoisotopic (exact) mass is 1030 g/mol. The fourth-order valence-corrected chi connectivity index (χ4v) is 12.1. The molecule has 0 N–H and O–H groups in total. The molecule has 1 aliphatic heterocycles. The zero-order valence-corrected chi connectivity index (χ0v) is 51.4. The van der Waals surface area contributed by atoms with E-state index in [0.29, 0.717) is 0 Å². The average Bonchev–Trinajstić information content (AvgIpc) is 3.69. The summed E-state index contributed by atoms with van der Waals surface area (Å²) < 4.78 is 1.68. The SMILES string of the molecule is CCCCCCCCCCCCCCCCCCCCCC#CC1=C(c2cc(CCCCC)c(CCCCC)c(CCCCC)c2)[N+](=[N-])C(c2cc(CCCCC)c(CCCCC)c(CCCCC)c2)=C1CCCC. The van der Waals surface area contributed by atoms with E-state index in [-0.39, 0.29) is 0 Å². The van der Waals surface area contributed by atoms with Gasteiger partial charge in [0, 0.05) is 23.1 Å². The Balaban J connectivity index is 2.00. The number of hydrogen-bond donors (Lipinski definition) is 0. The summed E-state index contributed by atoms with van der Waals surface area (Å²) >= 11 is 0. The quantitative estimate of drug-likeness (QED) is 0.0359. The molecule has 424 valence electrons. The second-order valence-electron chi connectivity index (χ2n) is 23.7. The summed E-state index contributed by atoms with van der Waals surface area (Å²) in [6, 6.07) is 10.1. The summed E-state index contributed by atoms with van der Waals surface area (Å²) in [5, 5.41) is 0. The number of unbranched alkanes of at least 4 members (excludes halogenated alkanes) is 32. The molecule has 2 aromatic rings. The standard InChI is InChI=1S/C73H122N2/c1-9-17-25-26-27-28-29-30-31-32-33-34-35-36-37-38-39-40-41-42-49-57-71-70(54-24-16-8)72(66-58-62(50-43-18-10-2)68(55-47-22-14-6)63(59-66)51-44-19-11-3)75(74)73(71)67-60-64(52-45-20-12-4)69(56-48-23-15-7)65(61-67)53-46-21-13-5/h58-61H,9-48,50-56H2,1-8H3. The molecule has 2 aromatic carbocycles. The Morgan fingerprint density at radius 1 is 0.307 bits per heavy atom. The predicted octanol–water partition coefficient (Wildman–Crippen LogP) is 24.3. The van der Waals surface area contributed by atoms with E-state index in [0.717, 1.165) is 74.8 Å². The number of benzene rings is 2. The van der Waals surface area contributed by atoms with E-state index in [4.69, 9.17) is 0 Å². The van der Waals surface area contributed by atoms with E-state index in [1.807, 2.05) is 0 Å². The summed E-state index contributed by atoms with van der Waals surface area (Å²) in [6.07, 6.45) is 60.0. The van der Waals surface area contributed by atoms with Gasteiger partial charge < -0.3 is 5.53 Å². The van der Waals surface area contributed by atoms with Crippen LogP contribution in [0.1, 0.15) is 363 Å². The maximum atomic E-state index is 13.2. The highest BCUT2D eigenvalue weighted by Crippen LogP contribution is 2.44. The Morgan fingerprint density at radius 2 is 0.587 bits per heavy atom. The van der Waals surface area contributed by atoms with Crippen molar-refractivity contribution in [3.8, 4) is 11.8 Å². The summed E-state index contributed by atoms with van der Waals surface area (Å²) in [5.41, 5.74) is 29.4. The van der Waals surface area contributed by atoms with Crippen LogP contribution in [0.15, 0.2) is 35.4 Å². The lowest BCUT2D eigenvalue weighted by Gasteiger charge is -2.20. The van der Waals surface area contributed by atoms with Crippen molar-refractivity contribution in [1.82, 2.24) is 0 Å². The first-order valence-electron chi connectivity index (χ1n) is 33.7. The molecule has 0 amide bonds. The molecule has 0 spiro atoms. The van der Waals surface area contributed by atoms with E-state index < -0.39 is 0 Å². The zero-order valence-electron chi connectivity index (χ0n) is 51.4. The molecular formula is C73H122N2. The fraction of sp³-hybridized carbons (Fsp3) is 0.753. The van der Waals surface area contributed by atoms with Gasteiger partial charge in [-0.3, -0.25) is 0 Å². The smallest absolute Gasteiger partial charge is 0.223 e. The van der Waals surface area contributed by atoms with Crippen LogP contribution in [0.5, 0.6) is 0 Å². The molecule has 0 radical (unpaired) electrons. The molecule has 3 rings (SSSR count). The van der Waals surface area contributed by atoms with Gasteiger partial charge in [-0.15, -0.1) is 0 Å². The van der Waals surface area contributed by atoms with Crippen molar-refractivity contribution in [2.75, 3.05) is 0 Å². The van der Waals surface area contributed by atoms with Crippen molar-refractivity contribution >= 4 is 11.4 Å². The lowest BCUT2D eigenvalue weighted by molar-refractivity contribution is -0.345. The van der Waals surface area contributed by atoms with Crippen molar-refractivity contribution in [2.45, 2.75) is 357 Å². The zero-order chi connectivity index (χ0) is 54.0. The summed E-state index contributed by atoms with van der Waals surface area (Å²) in [5.74, 6) is 7.70. The first-order valence-corrected chi connectivity index (χ1v) is 33.7. The second-order valence-corrected chi connectivity index (χ2v) is 23.7. The van der Waals surface area contributed by atoms with Gasteiger partial charge in [0.05, 0.1) is 0 Å². The van der Waals surface area contributed by atoms with Gasteiger partial charge >= 0.3 is 0 Å². The number of rotatable bonds is 48. The van der Waals surface area contributed by atoms with Gasteiger partial charge in [0.2, 0.25) is 11.4 Å². The predicted molar refractivity (Wildman–Crippen MR) is 335 cm³/mol. The fourth-order valence-electron chi connectivity index (χ4n) is 12.1. The van der Waals surface area contributed by atoms with Crippen LogP contribution < -0.4 is 0 Å². The molecule has 0 saturated heterocycles. The molecule has 0 saturated carbocycles. The van der Waals surface area contributed by atoms with Crippen LogP contribution >= 0.6 is 0 Å². The van der Waals surface area contributed by atoms with Crippen LogP contribution in [0.4, 0.5) is 0 Å². The van der Waals surface area contributed by atoms with Gasteiger partial charge in [0.15, 0.2) is 0 Å². The van der Waals surface area contributed by atoms with Gasteiger partial charge in [-0.05, 0) is 154 Å². The average molecular weight is 1030 g/mol.